The van der Waals surface area contributed by atoms with Crippen molar-refractivity contribution < 1.29 is 27.8 Å². The van der Waals surface area contributed by atoms with E-state index < -0.39 is 23.9 Å². The van der Waals surface area contributed by atoms with Crippen molar-refractivity contribution in [2.75, 3.05) is 12.4 Å². The van der Waals surface area contributed by atoms with Gasteiger partial charge in [0, 0.05) is 19.3 Å². The average Bonchev–Trinajstić information content (AvgIpc) is 3.30. The average molecular weight is 543 g/mol. The topological polar surface area (TPSA) is 107 Å². The van der Waals surface area contributed by atoms with Gasteiger partial charge in [-0.05, 0) is 46.1 Å². The van der Waals surface area contributed by atoms with Crippen LogP contribution in [0.25, 0.3) is 5.82 Å². The Morgan fingerprint density at radius 2 is 2.03 bits per heavy atom. The van der Waals surface area contributed by atoms with Crippen molar-refractivity contribution in [3.63, 3.8) is 0 Å². The Balaban J connectivity index is 1.82. The molecule has 13 heteroatoms. The molecule has 2 amide bonds. The molecule has 0 unspecified atom stereocenters. The van der Waals surface area contributed by atoms with Gasteiger partial charge in [-0.1, -0.05) is 18.5 Å². The minimum Gasteiger partial charge on any atom is -0.395 e. The number of hydrogen-bond donors (Lipinski definition) is 2. The Morgan fingerprint density at radius 1 is 1.27 bits per heavy atom. The molecule has 2 aromatic heterocycles. The van der Waals surface area contributed by atoms with E-state index >= 15 is 0 Å². The third-order valence-electron chi connectivity index (χ3n) is 4.70. The molecule has 0 spiro atoms. The lowest BCUT2D eigenvalue weighted by Crippen LogP contribution is -2.27. The van der Waals surface area contributed by atoms with Crippen LogP contribution in [0.5, 0.6) is 11.5 Å². The summed E-state index contributed by atoms with van der Waals surface area (Å²) in [6.45, 7) is 1.73. The van der Waals surface area contributed by atoms with Crippen LogP contribution in [0.15, 0.2) is 35.1 Å². The monoisotopic (exact) mass is 541 g/mol. The molecule has 3 heterocycles. The van der Waals surface area contributed by atoms with Gasteiger partial charge in [0.2, 0.25) is 0 Å². The second kappa shape index (κ2) is 8.60. The van der Waals surface area contributed by atoms with Crippen LogP contribution in [0, 0.1) is 0 Å². The summed E-state index contributed by atoms with van der Waals surface area (Å²) in [7, 11) is 1.32. The lowest BCUT2D eigenvalue weighted by molar-refractivity contribution is -0.286. The summed E-state index contributed by atoms with van der Waals surface area (Å²) in [4.78, 5) is 30.1. The first-order valence-electron chi connectivity index (χ1n) is 9.50. The first-order valence-corrected chi connectivity index (χ1v) is 10.7. The molecule has 0 fully saturated rings. The molecule has 172 valence electrons. The highest BCUT2D eigenvalue weighted by Gasteiger charge is 2.46. The van der Waals surface area contributed by atoms with Crippen molar-refractivity contribution in [2.45, 2.75) is 19.6 Å². The zero-order valence-corrected chi connectivity index (χ0v) is 19.4. The summed E-state index contributed by atoms with van der Waals surface area (Å²) in [6, 6.07) is 5.92. The largest absolute Gasteiger partial charge is 0.586 e. The van der Waals surface area contributed by atoms with Gasteiger partial charge in [-0.2, -0.15) is 5.10 Å². The van der Waals surface area contributed by atoms with Gasteiger partial charge in [0.05, 0.1) is 10.7 Å². The van der Waals surface area contributed by atoms with Gasteiger partial charge in [0.15, 0.2) is 17.3 Å². The molecule has 0 saturated heterocycles. The minimum atomic E-state index is -3.95. The molecule has 0 bridgehead atoms. The van der Waals surface area contributed by atoms with Crippen LogP contribution in [-0.2, 0) is 6.42 Å². The number of fused-ring (bicyclic) bond motifs is 1. The van der Waals surface area contributed by atoms with E-state index in [0.717, 1.165) is 0 Å². The SMILES string of the molecule is CCc1cc2c(c(C(=O)NC)c1NC(=O)c1cc(Br)nn1-c1ncccc1Cl)OC(F)(F)O2. The number of carbonyl (C=O) groups excluding carboxylic acids is 2. The first kappa shape index (κ1) is 22.9. The number of pyridine rings is 1. The number of halogens is 4. The Kier molecular flexibility index (Phi) is 5.97. The Bertz CT molecular complexity index is 1280. The van der Waals surface area contributed by atoms with E-state index in [1.807, 2.05) is 0 Å². The maximum Gasteiger partial charge on any atom is 0.586 e. The van der Waals surface area contributed by atoms with E-state index in [1.165, 1.54) is 30.1 Å². The molecule has 2 N–H and O–H groups in total. The molecule has 1 aliphatic heterocycles. The van der Waals surface area contributed by atoms with Gasteiger partial charge in [0.25, 0.3) is 11.8 Å². The molecule has 0 aliphatic carbocycles. The van der Waals surface area contributed by atoms with Crippen LogP contribution in [0.4, 0.5) is 14.5 Å². The zero-order valence-electron chi connectivity index (χ0n) is 17.1. The minimum absolute atomic E-state index is 0.00195. The number of ether oxygens (including phenoxy) is 2. The summed E-state index contributed by atoms with van der Waals surface area (Å²) in [5, 5.41) is 9.44. The number of nitrogens with zero attached hydrogens (tertiary/aromatic N) is 3. The van der Waals surface area contributed by atoms with Crippen LogP contribution < -0.4 is 20.1 Å². The fraction of sp³-hybridized carbons (Fsp3) is 0.200. The zero-order chi connectivity index (χ0) is 23.9. The third kappa shape index (κ3) is 4.23. The van der Waals surface area contributed by atoms with E-state index in [1.54, 1.807) is 19.1 Å². The highest BCUT2D eigenvalue weighted by atomic mass is 79.9. The standard InChI is InChI=1S/C20H15BrClF2N5O4/c1-3-9-7-12-16(33-20(23,24)32-12)14(19(31)25-2)15(9)27-18(30)11-8-13(21)28-29(11)17-10(22)5-4-6-26-17/h4-8H,3H2,1-2H3,(H,25,31)(H,27,30). The number of alkyl halides is 2. The first-order chi connectivity index (χ1) is 15.6. The summed E-state index contributed by atoms with van der Waals surface area (Å²) in [5.74, 6) is -2.03. The van der Waals surface area contributed by atoms with Crippen molar-refractivity contribution in [3.05, 3.63) is 56.9 Å². The fourth-order valence-electron chi connectivity index (χ4n) is 3.29. The van der Waals surface area contributed by atoms with Crippen LogP contribution in [0.3, 0.4) is 0 Å². The van der Waals surface area contributed by atoms with Crippen molar-refractivity contribution in [2.24, 2.45) is 0 Å². The van der Waals surface area contributed by atoms with Gasteiger partial charge in [-0.15, -0.1) is 8.78 Å². The van der Waals surface area contributed by atoms with E-state index in [4.69, 9.17) is 11.6 Å². The molecule has 0 atom stereocenters. The lowest BCUT2D eigenvalue weighted by atomic mass is 10.0. The Morgan fingerprint density at radius 3 is 2.70 bits per heavy atom. The molecule has 1 aromatic carbocycles. The number of nitrogens with one attached hydrogen (secondary N) is 2. The number of benzene rings is 1. The summed E-state index contributed by atoms with van der Waals surface area (Å²) < 4.78 is 38.1. The maximum absolute atomic E-state index is 13.8. The van der Waals surface area contributed by atoms with Crippen molar-refractivity contribution >= 4 is 45.0 Å². The number of amides is 2. The predicted molar refractivity (Wildman–Crippen MR) is 117 cm³/mol. The van der Waals surface area contributed by atoms with Crippen molar-refractivity contribution in [1.29, 1.82) is 0 Å². The number of aromatic nitrogens is 3. The highest BCUT2D eigenvalue weighted by molar-refractivity contribution is 9.10. The van der Waals surface area contributed by atoms with Gasteiger partial charge in [-0.25, -0.2) is 9.67 Å². The van der Waals surface area contributed by atoms with E-state index in [-0.39, 0.29) is 40.0 Å². The lowest BCUT2D eigenvalue weighted by Gasteiger charge is -2.16. The van der Waals surface area contributed by atoms with E-state index in [9.17, 15) is 18.4 Å². The second-order valence-electron chi connectivity index (χ2n) is 6.74. The molecule has 1 aliphatic rings. The van der Waals surface area contributed by atoms with Crippen LogP contribution in [-0.4, -0.2) is 39.9 Å². The maximum atomic E-state index is 13.8. The van der Waals surface area contributed by atoms with Crippen molar-refractivity contribution in [3.8, 4) is 17.3 Å². The molecule has 33 heavy (non-hydrogen) atoms. The van der Waals surface area contributed by atoms with Gasteiger partial charge >= 0.3 is 6.29 Å². The molecular formula is C20H15BrClF2N5O4. The fourth-order valence-corrected chi connectivity index (χ4v) is 3.86. The van der Waals surface area contributed by atoms with Gasteiger partial charge < -0.3 is 20.1 Å². The quantitative estimate of drug-likeness (QED) is 0.501. The van der Waals surface area contributed by atoms with Gasteiger partial charge in [-0.3, -0.25) is 9.59 Å². The Labute approximate surface area is 199 Å². The summed E-state index contributed by atoms with van der Waals surface area (Å²) in [5.41, 5.74) is 0.106. The third-order valence-corrected chi connectivity index (χ3v) is 5.38. The van der Waals surface area contributed by atoms with Crippen LogP contribution in [0.2, 0.25) is 5.02 Å². The molecule has 0 saturated carbocycles. The predicted octanol–water partition coefficient (Wildman–Crippen LogP) is 4.18. The van der Waals surface area contributed by atoms with Crippen LogP contribution >= 0.6 is 27.5 Å². The van der Waals surface area contributed by atoms with E-state index in [2.05, 4.69) is 46.1 Å². The van der Waals surface area contributed by atoms with E-state index in [0.29, 0.717) is 10.2 Å². The highest BCUT2D eigenvalue weighted by Crippen LogP contribution is 2.47. The number of anilines is 1. The smallest absolute Gasteiger partial charge is 0.395 e. The van der Waals surface area contributed by atoms with Gasteiger partial charge in [0.1, 0.15) is 15.9 Å². The molecule has 3 aromatic rings. The molecule has 9 nitrogen and oxygen atoms in total. The molecule has 0 radical (unpaired) electrons. The number of carbonyl (C=O) groups is 2. The number of rotatable bonds is 5. The summed E-state index contributed by atoms with van der Waals surface area (Å²) in [6.07, 6.45) is -2.18. The molecular weight excluding hydrogens is 528 g/mol. The number of aryl methyl sites for hydroxylation is 1. The van der Waals surface area contributed by atoms with Crippen molar-refractivity contribution in [1.82, 2.24) is 20.1 Å². The normalized spacial score (nSPS) is 13.6. The second-order valence-corrected chi connectivity index (χ2v) is 7.96. The number of hydrogen-bond acceptors (Lipinski definition) is 6. The summed E-state index contributed by atoms with van der Waals surface area (Å²) >= 11 is 9.43. The molecule has 4 rings (SSSR count). The Hall–Kier alpha value is -3.25. The van der Waals surface area contributed by atoms with Crippen LogP contribution in [0.1, 0.15) is 33.3 Å².